The first-order valence-corrected chi connectivity index (χ1v) is 10.8. The third-order valence-electron chi connectivity index (χ3n) is 3.30. The summed E-state index contributed by atoms with van der Waals surface area (Å²) in [6.07, 6.45) is 0.828. The van der Waals surface area contributed by atoms with Gasteiger partial charge in [0.25, 0.3) is 9.05 Å². The molecule has 0 N–H and O–H groups in total. The molecule has 6 nitrogen and oxygen atoms in total. The average molecular weight is 357 g/mol. The van der Waals surface area contributed by atoms with Gasteiger partial charge in [-0.2, -0.15) is 5.10 Å². The highest BCUT2D eigenvalue weighted by Crippen LogP contribution is 2.25. The normalized spacial score (nSPS) is 13.0. The zero-order valence-electron chi connectivity index (χ0n) is 12.6. The van der Waals surface area contributed by atoms with Gasteiger partial charge in [0.2, 0.25) is 0 Å². The van der Waals surface area contributed by atoms with E-state index < -0.39 is 24.1 Å². The third-order valence-corrected chi connectivity index (χ3v) is 6.91. The molecule has 1 rings (SSSR count). The first kappa shape index (κ1) is 18.4. The maximum absolute atomic E-state index is 11.9. The second kappa shape index (κ2) is 6.66. The summed E-state index contributed by atoms with van der Waals surface area (Å²) in [6.45, 7) is 6.93. The third kappa shape index (κ3) is 4.20. The van der Waals surface area contributed by atoms with Crippen LogP contribution in [0.5, 0.6) is 0 Å². The second-order valence-electron chi connectivity index (χ2n) is 5.01. The fourth-order valence-electron chi connectivity index (χ4n) is 2.03. The first-order chi connectivity index (χ1) is 9.54. The highest BCUT2D eigenvalue weighted by atomic mass is 35.7. The van der Waals surface area contributed by atoms with Gasteiger partial charge in [-0.1, -0.05) is 13.8 Å². The lowest BCUT2D eigenvalue weighted by atomic mass is 10.2. The van der Waals surface area contributed by atoms with E-state index in [9.17, 15) is 16.8 Å². The van der Waals surface area contributed by atoms with E-state index in [4.69, 9.17) is 10.7 Å². The van der Waals surface area contributed by atoms with Crippen LogP contribution in [-0.2, 0) is 38.3 Å². The average Bonchev–Trinajstić information content (AvgIpc) is 2.73. The molecule has 9 heteroatoms. The van der Waals surface area contributed by atoms with Crippen molar-refractivity contribution in [3.63, 3.8) is 0 Å². The van der Waals surface area contributed by atoms with Crippen LogP contribution < -0.4 is 0 Å². The van der Waals surface area contributed by atoms with Crippen LogP contribution in [0, 0.1) is 0 Å². The van der Waals surface area contributed by atoms with Gasteiger partial charge >= 0.3 is 0 Å². The number of halogens is 1. The van der Waals surface area contributed by atoms with E-state index in [1.54, 1.807) is 27.7 Å². The Bertz CT molecular complexity index is 706. The zero-order valence-corrected chi connectivity index (χ0v) is 15.0. The van der Waals surface area contributed by atoms with Crippen molar-refractivity contribution in [3.05, 3.63) is 11.4 Å². The number of hydrogen-bond acceptors (Lipinski definition) is 5. The quantitative estimate of drug-likeness (QED) is 0.695. The van der Waals surface area contributed by atoms with Gasteiger partial charge in [-0.05, 0) is 26.7 Å². The maximum atomic E-state index is 11.9. The first-order valence-electron chi connectivity index (χ1n) is 6.79. The Morgan fingerprint density at radius 2 is 1.71 bits per heavy atom. The second-order valence-corrected chi connectivity index (χ2v) is 10.2. The lowest BCUT2D eigenvalue weighted by molar-refractivity contribution is 0.565. The Labute approximate surface area is 130 Å². The number of aryl methyl sites for hydroxylation is 2. The molecule has 0 spiro atoms. The van der Waals surface area contributed by atoms with Crippen LogP contribution in [0.2, 0.25) is 0 Å². The molecular weight excluding hydrogens is 336 g/mol. The van der Waals surface area contributed by atoms with Crippen molar-refractivity contribution < 1.29 is 16.8 Å². The molecule has 0 radical (unpaired) electrons. The number of hydrogen-bond donors (Lipinski definition) is 0. The topological polar surface area (TPSA) is 86.1 Å². The fourth-order valence-corrected chi connectivity index (χ4v) is 4.46. The largest absolute Gasteiger partial charge is 0.267 e. The van der Waals surface area contributed by atoms with Crippen LogP contribution in [0.4, 0.5) is 0 Å². The monoisotopic (exact) mass is 356 g/mol. The van der Waals surface area contributed by atoms with Gasteiger partial charge in [-0.25, -0.2) is 16.8 Å². The summed E-state index contributed by atoms with van der Waals surface area (Å²) in [6, 6.07) is 0. The van der Waals surface area contributed by atoms with Gasteiger partial charge in [0.05, 0.1) is 28.9 Å². The molecule has 0 aliphatic heterocycles. The number of rotatable bonds is 7. The highest BCUT2D eigenvalue weighted by molar-refractivity contribution is 8.13. The van der Waals surface area contributed by atoms with Gasteiger partial charge in [0, 0.05) is 10.7 Å². The fraction of sp³-hybridized carbons (Fsp3) is 0.750. The Kier molecular flexibility index (Phi) is 5.85. The van der Waals surface area contributed by atoms with Gasteiger partial charge < -0.3 is 0 Å². The number of aromatic nitrogens is 2. The molecular formula is C12H21ClN2O4S2. The molecule has 0 amide bonds. The minimum Gasteiger partial charge on any atom is -0.267 e. The molecule has 0 aromatic carbocycles. The number of nitrogens with zero attached hydrogens (tertiary/aromatic N) is 2. The van der Waals surface area contributed by atoms with E-state index in [0.29, 0.717) is 24.2 Å². The number of sulfone groups is 1. The van der Waals surface area contributed by atoms with Crippen LogP contribution in [0.3, 0.4) is 0 Å². The zero-order chi connectivity index (χ0) is 16.4. The smallest absolute Gasteiger partial charge is 0.264 e. The van der Waals surface area contributed by atoms with Gasteiger partial charge in [0.1, 0.15) is 4.90 Å². The van der Waals surface area contributed by atoms with Crippen LogP contribution >= 0.6 is 10.7 Å². The van der Waals surface area contributed by atoms with Gasteiger partial charge in [0.15, 0.2) is 9.84 Å². The Morgan fingerprint density at radius 1 is 1.14 bits per heavy atom. The van der Waals surface area contributed by atoms with Crippen molar-refractivity contribution >= 4 is 29.6 Å². The summed E-state index contributed by atoms with van der Waals surface area (Å²) in [5.74, 6) is -0.0791. The van der Waals surface area contributed by atoms with Crippen molar-refractivity contribution in [2.75, 3.05) is 5.75 Å². The summed E-state index contributed by atoms with van der Waals surface area (Å²) in [7, 11) is -1.63. The van der Waals surface area contributed by atoms with E-state index in [1.807, 2.05) is 0 Å². The molecule has 1 aromatic heterocycles. The molecule has 0 aliphatic rings. The SMILES string of the molecule is CCc1nn(CCS(=O)(=O)C(C)C)c(CC)c1S(=O)(=O)Cl. The van der Waals surface area contributed by atoms with Crippen LogP contribution in [-0.4, -0.2) is 37.6 Å². The standard InChI is InChI=1S/C12H21ClN2O4S2/c1-5-10-12(21(13,18)19)11(6-2)15(14-10)7-8-20(16,17)9(3)4/h9H,5-8H2,1-4H3. The minimum absolute atomic E-state index is 0.0242. The van der Waals surface area contributed by atoms with Crippen LogP contribution in [0.15, 0.2) is 4.90 Å². The Morgan fingerprint density at radius 3 is 2.10 bits per heavy atom. The summed E-state index contributed by atoms with van der Waals surface area (Å²) < 4.78 is 48.6. The molecule has 0 saturated heterocycles. The summed E-state index contributed by atoms with van der Waals surface area (Å²) in [5, 5.41) is 3.74. The molecule has 0 atom stereocenters. The van der Waals surface area contributed by atoms with Crippen molar-refractivity contribution in [1.82, 2.24) is 9.78 Å². The molecule has 1 aromatic rings. The maximum Gasteiger partial charge on any atom is 0.264 e. The lowest BCUT2D eigenvalue weighted by Gasteiger charge is -2.09. The highest BCUT2D eigenvalue weighted by Gasteiger charge is 2.26. The predicted molar refractivity (Wildman–Crippen MR) is 82.9 cm³/mol. The molecule has 21 heavy (non-hydrogen) atoms. The van der Waals surface area contributed by atoms with Crippen molar-refractivity contribution in [1.29, 1.82) is 0 Å². The molecule has 1 heterocycles. The molecule has 0 saturated carbocycles. The van der Waals surface area contributed by atoms with Gasteiger partial charge in [-0.15, -0.1) is 0 Å². The molecule has 0 aliphatic carbocycles. The van der Waals surface area contributed by atoms with Crippen molar-refractivity contribution in [3.8, 4) is 0 Å². The molecule has 0 fully saturated rings. The molecule has 0 bridgehead atoms. The summed E-state index contributed by atoms with van der Waals surface area (Å²) in [4.78, 5) is 0.0242. The minimum atomic E-state index is -3.90. The summed E-state index contributed by atoms with van der Waals surface area (Å²) in [5.41, 5.74) is 0.838. The van der Waals surface area contributed by atoms with E-state index >= 15 is 0 Å². The van der Waals surface area contributed by atoms with Crippen molar-refractivity contribution in [2.24, 2.45) is 0 Å². The van der Waals surface area contributed by atoms with Crippen molar-refractivity contribution in [2.45, 2.75) is 57.2 Å². The molecule has 122 valence electrons. The van der Waals surface area contributed by atoms with Gasteiger partial charge in [-0.3, -0.25) is 4.68 Å². The molecule has 0 unspecified atom stereocenters. The van der Waals surface area contributed by atoms with E-state index in [2.05, 4.69) is 5.10 Å². The van der Waals surface area contributed by atoms with Crippen LogP contribution in [0.25, 0.3) is 0 Å². The van der Waals surface area contributed by atoms with Crippen LogP contribution in [0.1, 0.15) is 39.1 Å². The van der Waals surface area contributed by atoms with E-state index in [1.165, 1.54) is 4.68 Å². The predicted octanol–water partition coefficient (Wildman–Crippen LogP) is 1.76. The van der Waals surface area contributed by atoms with E-state index in [0.717, 1.165) is 0 Å². The Hall–Kier alpha value is -0.600. The summed E-state index contributed by atoms with van der Waals surface area (Å²) >= 11 is 0. The lowest BCUT2D eigenvalue weighted by Crippen LogP contribution is -2.22. The van der Waals surface area contributed by atoms with E-state index in [-0.39, 0.29) is 17.2 Å². The Balaban J connectivity index is 3.24.